The topological polar surface area (TPSA) is 63.1 Å². The van der Waals surface area contributed by atoms with Crippen molar-refractivity contribution in [3.8, 4) is 0 Å². The van der Waals surface area contributed by atoms with Gasteiger partial charge in [0, 0.05) is 48.9 Å². The molecule has 188 valence electrons. The first-order valence-corrected chi connectivity index (χ1v) is 13.1. The number of rotatable bonds is 8. The normalized spacial score (nSPS) is 21.8. The molecule has 6 nitrogen and oxygen atoms in total. The minimum atomic E-state index is -4.15. The molecular formula is C24H34F3N5OS. The Hall–Kier alpha value is -1.94. The third-order valence-electron chi connectivity index (χ3n) is 7.07. The molecule has 0 atom stereocenters. The van der Waals surface area contributed by atoms with E-state index in [2.05, 4.69) is 20.3 Å². The van der Waals surface area contributed by atoms with E-state index in [9.17, 15) is 18.0 Å². The lowest BCUT2D eigenvalue weighted by atomic mass is 9.84. The fourth-order valence-electron chi connectivity index (χ4n) is 5.14. The second-order valence-electron chi connectivity index (χ2n) is 9.64. The maximum atomic E-state index is 12.6. The van der Waals surface area contributed by atoms with Crippen LogP contribution in [0.3, 0.4) is 0 Å². The van der Waals surface area contributed by atoms with Crippen LogP contribution in [0, 0.1) is 12.8 Å². The second-order valence-corrected chi connectivity index (χ2v) is 11.0. The number of alkyl halides is 3. The van der Waals surface area contributed by atoms with E-state index in [0.717, 1.165) is 85.7 Å². The van der Waals surface area contributed by atoms with E-state index in [0.29, 0.717) is 12.3 Å². The molecule has 1 aliphatic carbocycles. The molecule has 1 aliphatic heterocycles. The molecule has 0 radical (unpaired) electrons. The third-order valence-corrected chi connectivity index (χ3v) is 7.99. The van der Waals surface area contributed by atoms with Gasteiger partial charge >= 0.3 is 6.18 Å². The molecular weight excluding hydrogens is 463 g/mol. The quantitative estimate of drug-likeness (QED) is 0.591. The van der Waals surface area contributed by atoms with Crippen molar-refractivity contribution < 1.29 is 18.0 Å². The van der Waals surface area contributed by atoms with Gasteiger partial charge in [0.2, 0.25) is 5.91 Å². The average Bonchev–Trinajstić information content (AvgIpc) is 3.31. The first kappa shape index (κ1) is 25.2. The summed E-state index contributed by atoms with van der Waals surface area (Å²) in [7, 11) is 0. The van der Waals surface area contributed by atoms with E-state index in [1.54, 1.807) is 28.4 Å². The van der Waals surface area contributed by atoms with Crippen LogP contribution in [0.1, 0.15) is 59.7 Å². The van der Waals surface area contributed by atoms with Crippen molar-refractivity contribution >= 4 is 17.2 Å². The summed E-state index contributed by atoms with van der Waals surface area (Å²) in [6.45, 7) is 4.67. The van der Waals surface area contributed by atoms with Gasteiger partial charge in [0.15, 0.2) is 0 Å². The number of fused-ring (bicyclic) bond motifs is 1. The number of amides is 1. The molecule has 0 unspecified atom stereocenters. The fourth-order valence-corrected chi connectivity index (χ4v) is 5.93. The highest BCUT2D eigenvalue weighted by Gasteiger charge is 2.28. The zero-order chi connectivity index (χ0) is 24.1. The number of aryl methyl sites for hydroxylation is 2. The molecule has 3 heterocycles. The van der Waals surface area contributed by atoms with Crippen molar-refractivity contribution in [2.45, 2.75) is 83.5 Å². The number of nitrogens with zero attached hydrogens (tertiary/aromatic N) is 4. The minimum Gasteiger partial charge on any atom is -0.353 e. The Morgan fingerprint density at radius 1 is 1.15 bits per heavy atom. The molecule has 1 amide bonds. The molecule has 2 aliphatic rings. The predicted octanol–water partition coefficient (Wildman–Crippen LogP) is 4.31. The van der Waals surface area contributed by atoms with E-state index in [1.807, 2.05) is 6.92 Å². The highest BCUT2D eigenvalue weighted by atomic mass is 32.1. The van der Waals surface area contributed by atoms with E-state index < -0.39 is 12.6 Å². The monoisotopic (exact) mass is 497 g/mol. The molecule has 2 aromatic rings. The molecule has 1 fully saturated rings. The Labute approximate surface area is 202 Å². The van der Waals surface area contributed by atoms with Gasteiger partial charge in [-0.25, -0.2) is 4.98 Å². The number of carbonyl (C=O) groups is 1. The van der Waals surface area contributed by atoms with Gasteiger partial charge in [-0.3, -0.25) is 9.48 Å². The molecule has 1 saturated carbocycles. The maximum absolute atomic E-state index is 12.6. The lowest BCUT2D eigenvalue weighted by molar-refractivity contribution is -0.137. The lowest BCUT2D eigenvalue weighted by Gasteiger charge is -2.30. The van der Waals surface area contributed by atoms with Crippen LogP contribution < -0.4 is 5.32 Å². The summed E-state index contributed by atoms with van der Waals surface area (Å²) < 4.78 is 39.4. The number of carbonyl (C=O) groups excluding carboxylic acids is 1. The second kappa shape index (κ2) is 11.2. The molecule has 0 bridgehead atoms. The van der Waals surface area contributed by atoms with Crippen LogP contribution >= 0.6 is 11.3 Å². The van der Waals surface area contributed by atoms with Gasteiger partial charge in [-0.15, -0.1) is 11.3 Å². The summed E-state index contributed by atoms with van der Waals surface area (Å²) in [5, 5.41) is 8.38. The van der Waals surface area contributed by atoms with Crippen LogP contribution in [-0.4, -0.2) is 57.4 Å². The van der Waals surface area contributed by atoms with Crippen LogP contribution in [0.25, 0.3) is 0 Å². The molecule has 0 saturated heterocycles. The van der Waals surface area contributed by atoms with Gasteiger partial charge in [-0.05, 0) is 63.5 Å². The van der Waals surface area contributed by atoms with E-state index in [1.165, 1.54) is 0 Å². The van der Waals surface area contributed by atoms with E-state index in [-0.39, 0.29) is 18.5 Å². The Bertz CT molecular complexity index is 949. The first-order valence-electron chi connectivity index (χ1n) is 12.3. The number of aromatic nitrogens is 3. The maximum Gasteiger partial charge on any atom is 0.390 e. The summed E-state index contributed by atoms with van der Waals surface area (Å²) in [4.78, 5) is 20.0. The average molecular weight is 498 g/mol. The van der Waals surface area contributed by atoms with Crippen molar-refractivity contribution in [3.63, 3.8) is 0 Å². The zero-order valence-corrected chi connectivity index (χ0v) is 20.6. The molecule has 4 rings (SSSR count). The highest BCUT2D eigenvalue weighted by molar-refractivity contribution is 7.11. The summed E-state index contributed by atoms with van der Waals surface area (Å²) in [6, 6.07) is 0.269. The lowest BCUT2D eigenvalue weighted by Crippen LogP contribution is -2.39. The number of hydrogen-bond acceptors (Lipinski definition) is 5. The van der Waals surface area contributed by atoms with Gasteiger partial charge in [-0.1, -0.05) is 0 Å². The van der Waals surface area contributed by atoms with Crippen LogP contribution in [-0.2, 0) is 30.6 Å². The molecule has 2 aromatic heterocycles. The van der Waals surface area contributed by atoms with Gasteiger partial charge in [0.25, 0.3) is 0 Å². The van der Waals surface area contributed by atoms with Crippen molar-refractivity contribution in [1.29, 1.82) is 0 Å². The standard InChI is InChI=1S/C24H34F3N5OS/c1-17-28-16-21(34-17)14-23(33)30-20-4-2-18(3-5-20)6-10-31-11-7-19-15-29-32(22(19)8-12-31)13-9-24(25,26)27/h15-16,18,20H,2-14H2,1H3,(H,30,33)/t18-,20-. The van der Waals surface area contributed by atoms with Gasteiger partial charge in [0.05, 0.1) is 24.0 Å². The Morgan fingerprint density at radius 2 is 1.91 bits per heavy atom. The number of hydrogen-bond donors (Lipinski definition) is 1. The summed E-state index contributed by atoms with van der Waals surface area (Å²) >= 11 is 1.57. The van der Waals surface area contributed by atoms with Gasteiger partial charge in [0.1, 0.15) is 0 Å². The largest absolute Gasteiger partial charge is 0.390 e. The van der Waals surface area contributed by atoms with Crippen LogP contribution in [0.4, 0.5) is 13.2 Å². The number of thiazole rings is 1. The van der Waals surface area contributed by atoms with Crippen molar-refractivity contribution in [2.75, 3.05) is 19.6 Å². The molecule has 34 heavy (non-hydrogen) atoms. The molecule has 10 heteroatoms. The number of nitrogens with one attached hydrogen (secondary N) is 1. The highest BCUT2D eigenvalue weighted by Crippen LogP contribution is 2.28. The van der Waals surface area contributed by atoms with Gasteiger partial charge < -0.3 is 10.2 Å². The van der Waals surface area contributed by atoms with Crippen LogP contribution in [0.2, 0.25) is 0 Å². The first-order chi connectivity index (χ1) is 16.2. The van der Waals surface area contributed by atoms with Crippen molar-refractivity contribution in [2.24, 2.45) is 5.92 Å². The zero-order valence-electron chi connectivity index (χ0n) is 19.7. The predicted molar refractivity (Wildman–Crippen MR) is 126 cm³/mol. The SMILES string of the molecule is Cc1ncc(CC(=O)N[C@H]2CC[C@H](CCN3CCc4cnn(CCC(F)(F)F)c4CC3)CC2)s1. The van der Waals surface area contributed by atoms with E-state index >= 15 is 0 Å². The number of halogens is 3. The van der Waals surface area contributed by atoms with Crippen LogP contribution in [0.5, 0.6) is 0 Å². The van der Waals surface area contributed by atoms with Crippen LogP contribution in [0.15, 0.2) is 12.4 Å². The molecule has 1 N–H and O–H groups in total. The van der Waals surface area contributed by atoms with Gasteiger partial charge in [-0.2, -0.15) is 18.3 Å². The van der Waals surface area contributed by atoms with Crippen molar-refractivity contribution in [3.05, 3.63) is 33.5 Å². The summed E-state index contributed by atoms with van der Waals surface area (Å²) in [5.74, 6) is 0.759. The smallest absolute Gasteiger partial charge is 0.353 e. The summed E-state index contributed by atoms with van der Waals surface area (Å²) in [5.41, 5.74) is 2.06. The molecule has 0 spiro atoms. The van der Waals surface area contributed by atoms with Crippen molar-refractivity contribution in [1.82, 2.24) is 25.0 Å². The summed E-state index contributed by atoms with van der Waals surface area (Å²) in [6.07, 6.45) is 6.01. The Morgan fingerprint density at radius 3 is 2.62 bits per heavy atom. The Balaban J connectivity index is 1.15. The Kier molecular flexibility index (Phi) is 8.29. The van der Waals surface area contributed by atoms with E-state index in [4.69, 9.17) is 0 Å². The minimum absolute atomic E-state index is 0.0880. The third kappa shape index (κ3) is 7.28. The fraction of sp³-hybridized carbons (Fsp3) is 0.708. The molecule has 0 aromatic carbocycles.